The average molecular weight is 594 g/mol. The smallest absolute Gasteiger partial charge is 0.163 e. The monoisotopic (exact) mass is 593 g/mol. The Morgan fingerprint density at radius 2 is 1.74 bits per heavy atom. The Labute approximate surface area is 255 Å². The second-order valence-electron chi connectivity index (χ2n) is 11.8. The van der Waals surface area contributed by atoms with Crippen molar-refractivity contribution in [2.45, 2.75) is 59.8 Å². The van der Waals surface area contributed by atoms with E-state index in [4.69, 9.17) is 26.3 Å². The number of carbonyl (C=O) groups is 1. The third kappa shape index (κ3) is 5.42. The van der Waals surface area contributed by atoms with Crippen LogP contribution in [0.1, 0.15) is 61.6 Å². The number of hydrogen-bond acceptors (Lipinski definition) is 6. The summed E-state index contributed by atoms with van der Waals surface area (Å²) in [5.41, 5.74) is 10.7. The number of hydrogen-bond donors (Lipinski definition) is 0. The predicted octanol–water partition coefficient (Wildman–Crippen LogP) is 9.34. The number of pyridine rings is 1. The van der Waals surface area contributed by atoms with Crippen LogP contribution in [-0.2, 0) is 16.1 Å². The van der Waals surface area contributed by atoms with Crippen LogP contribution < -0.4 is 0 Å². The highest BCUT2D eigenvalue weighted by Gasteiger charge is 2.30. The van der Waals surface area contributed by atoms with Crippen molar-refractivity contribution in [2.24, 2.45) is 4.99 Å². The van der Waals surface area contributed by atoms with Gasteiger partial charge in [-0.2, -0.15) is 0 Å². The summed E-state index contributed by atoms with van der Waals surface area (Å²) in [5.74, 6) is -0.0409. The van der Waals surface area contributed by atoms with Gasteiger partial charge in [-0.1, -0.05) is 23.7 Å². The zero-order chi connectivity index (χ0) is 29.8. The molecule has 5 nitrogen and oxygen atoms in total. The van der Waals surface area contributed by atoms with Gasteiger partial charge in [-0.05, 0) is 112 Å². The predicted molar refractivity (Wildman–Crippen MR) is 174 cm³/mol. The van der Waals surface area contributed by atoms with Crippen LogP contribution in [0, 0.1) is 13.8 Å². The van der Waals surface area contributed by atoms with Gasteiger partial charge in [0, 0.05) is 39.7 Å². The molecule has 5 aromatic rings. The summed E-state index contributed by atoms with van der Waals surface area (Å²) in [4.78, 5) is 27.3. The van der Waals surface area contributed by atoms with Crippen LogP contribution in [0.4, 0.5) is 0 Å². The maximum Gasteiger partial charge on any atom is 0.163 e. The Hall–Kier alpha value is -3.71. The number of Topliss-reactive ketones (excluding diaryl/α,β-unsaturated/α-hetero) is 1. The molecule has 0 aliphatic carbocycles. The van der Waals surface area contributed by atoms with Crippen molar-refractivity contribution in [1.29, 1.82) is 0 Å². The summed E-state index contributed by atoms with van der Waals surface area (Å²) in [5, 5.41) is 1.54. The molecular formula is C35H32ClN3O2S. The van der Waals surface area contributed by atoms with Crippen LogP contribution in [0.25, 0.3) is 43.2 Å². The Morgan fingerprint density at radius 1 is 0.976 bits per heavy atom. The molecule has 3 heterocycles. The third-order valence-corrected chi connectivity index (χ3v) is 8.84. The van der Waals surface area contributed by atoms with Gasteiger partial charge >= 0.3 is 0 Å². The number of nitrogens with zero attached hydrogens (tertiary/aromatic N) is 3. The Balaban J connectivity index is 1.53. The molecule has 0 saturated heterocycles. The number of aromatic nitrogens is 2. The highest BCUT2D eigenvalue weighted by atomic mass is 35.5. The molecule has 7 heteroatoms. The number of benzene rings is 3. The van der Waals surface area contributed by atoms with Gasteiger partial charge in [0.1, 0.15) is 11.1 Å². The van der Waals surface area contributed by atoms with Gasteiger partial charge in [0.15, 0.2) is 5.78 Å². The Kier molecular flexibility index (Phi) is 7.34. The second-order valence-corrected chi connectivity index (χ2v) is 13.3. The van der Waals surface area contributed by atoms with Gasteiger partial charge in [0.25, 0.3) is 0 Å². The van der Waals surface area contributed by atoms with E-state index in [1.54, 1.807) is 18.3 Å². The van der Waals surface area contributed by atoms with Crippen molar-refractivity contribution < 1.29 is 9.53 Å². The number of carbonyl (C=O) groups excluding carboxylic acids is 1. The fraction of sp³-hybridized carbons (Fsp3) is 0.257. The average Bonchev–Trinajstić information content (AvgIpc) is 3.59. The van der Waals surface area contributed by atoms with Crippen LogP contribution in [0.5, 0.6) is 0 Å². The highest BCUT2D eigenvalue weighted by molar-refractivity contribution is 7.22. The van der Waals surface area contributed by atoms with Crippen molar-refractivity contribution >= 4 is 45.2 Å². The summed E-state index contributed by atoms with van der Waals surface area (Å²) in [6.45, 7) is 12.4. The topological polar surface area (TPSA) is 64.4 Å². The normalized spacial score (nSPS) is 13.5. The molecule has 1 atom stereocenters. The van der Waals surface area contributed by atoms with Crippen LogP contribution >= 0.6 is 22.9 Å². The van der Waals surface area contributed by atoms with Gasteiger partial charge in [-0.15, -0.1) is 11.3 Å². The zero-order valence-corrected chi connectivity index (χ0v) is 26.2. The number of aliphatic imine (C=N–C) groups is 1. The lowest BCUT2D eigenvalue weighted by Gasteiger charge is -2.29. The molecule has 0 spiro atoms. The van der Waals surface area contributed by atoms with Gasteiger partial charge in [0.2, 0.25) is 0 Å². The lowest BCUT2D eigenvalue weighted by molar-refractivity contribution is -0.138. The molecule has 0 unspecified atom stereocenters. The van der Waals surface area contributed by atoms with Crippen molar-refractivity contribution in [3.8, 4) is 33.0 Å². The molecule has 2 aromatic heterocycles. The van der Waals surface area contributed by atoms with E-state index < -0.39 is 11.7 Å². The first-order valence-electron chi connectivity index (χ1n) is 14.0. The number of aryl methyl sites for hydroxylation is 2. The third-order valence-electron chi connectivity index (χ3n) is 7.45. The molecule has 0 N–H and O–H groups in total. The first kappa shape index (κ1) is 28.4. The quantitative estimate of drug-likeness (QED) is 0.197. The van der Waals surface area contributed by atoms with E-state index in [-0.39, 0.29) is 5.78 Å². The molecule has 0 bridgehead atoms. The van der Waals surface area contributed by atoms with E-state index in [1.807, 2.05) is 70.4 Å². The molecule has 0 amide bonds. The molecule has 212 valence electrons. The maximum atomic E-state index is 13.1. The number of halogens is 1. The SMILES string of the molecule is CC(=O)[C@@H](OC(C)(C)C)c1c(C)cc2nc(-c3ccnc(-c4cc(C)c5c(c4)C=NC5)c3)sc2c1-c1ccc(Cl)cc1. The molecule has 6 rings (SSSR count). The van der Waals surface area contributed by atoms with Crippen LogP contribution in [-0.4, -0.2) is 27.6 Å². The minimum atomic E-state index is -0.718. The minimum absolute atomic E-state index is 0.0409. The fourth-order valence-electron chi connectivity index (χ4n) is 5.55. The Morgan fingerprint density at radius 3 is 2.45 bits per heavy atom. The molecule has 3 aromatic carbocycles. The molecular weight excluding hydrogens is 562 g/mol. The van der Waals surface area contributed by atoms with Gasteiger partial charge in [-0.25, -0.2) is 4.98 Å². The molecule has 42 heavy (non-hydrogen) atoms. The summed E-state index contributed by atoms with van der Waals surface area (Å²) in [7, 11) is 0. The number of ketones is 1. The number of thiazole rings is 1. The lowest BCUT2D eigenvalue weighted by Crippen LogP contribution is -2.27. The van der Waals surface area contributed by atoms with Crippen molar-refractivity contribution in [1.82, 2.24) is 9.97 Å². The lowest BCUT2D eigenvalue weighted by atomic mass is 9.90. The van der Waals surface area contributed by atoms with Gasteiger partial charge in [-0.3, -0.25) is 14.8 Å². The molecule has 0 saturated carbocycles. The summed E-state index contributed by atoms with van der Waals surface area (Å²) in [6, 6.07) is 18.3. The van der Waals surface area contributed by atoms with Crippen molar-refractivity contribution in [2.75, 3.05) is 0 Å². The summed E-state index contributed by atoms with van der Waals surface area (Å²) < 4.78 is 7.39. The summed E-state index contributed by atoms with van der Waals surface area (Å²) in [6.07, 6.45) is 3.07. The zero-order valence-electron chi connectivity index (χ0n) is 24.6. The van der Waals surface area contributed by atoms with Crippen LogP contribution in [0.2, 0.25) is 5.02 Å². The Bertz CT molecular complexity index is 1880. The van der Waals surface area contributed by atoms with Crippen molar-refractivity contribution in [3.63, 3.8) is 0 Å². The largest absolute Gasteiger partial charge is 0.360 e. The number of fused-ring (bicyclic) bond motifs is 2. The van der Waals surface area contributed by atoms with E-state index in [0.717, 1.165) is 66.4 Å². The van der Waals surface area contributed by atoms with E-state index in [9.17, 15) is 4.79 Å². The van der Waals surface area contributed by atoms with E-state index in [1.165, 1.54) is 11.1 Å². The second kappa shape index (κ2) is 10.8. The standard InChI is InChI=1S/C35H32ClN3O2S/c1-19-13-24(15-25-17-37-18-27(19)25)28-16-23(11-12-38-28)34-39-29-14-20(2)30(32(21(3)40)41-35(4,5)6)31(33(29)42-34)22-7-9-26(36)10-8-22/h7-17,32H,18H2,1-6H3/t32-/m1/s1. The highest BCUT2D eigenvalue weighted by Crippen LogP contribution is 2.44. The van der Waals surface area contributed by atoms with Crippen LogP contribution in [0.15, 0.2) is 65.8 Å². The van der Waals surface area contributed by atoms with Crippen LogP contribution in [0.3, 0.4) is 0 Å². The number of rotatable bonds is 6. The molecule has 0 fully saturated rings. The van der Waals surface area contributed by atoms with E-state index >= 15 is 0 Å². The molecule has 0 radical (unpaired) electrons. The minimum Gasteiger partial charge on any atom is -0.360 e. The van der Waals surface area contributed by atoms with E-state index in [2.05, 4.69) is 36.2 Å². The summed E-state index contributed by atoms with van der Waals surface area (Å²) >= 11 is 7.89. The first-order chi connectivity index (χ1) is 20.0. The van der Waals surface area contributed by atoms with E-state index in [0.29, 0.717) is 5.02 Å². The number of ether oxygens (including phenoxy) is 1. The molecule has 1 aliphatic heterocycles. The maximum absolute atomic E-state index is 13.1. The van der Waals surface area contributed by atoms with Crippen molar-refractivity contribution in [3.05, 3.63) is 93.6 Å². The molecule has 1 aliphatic rings. The van der Waals surface area contributed by atoms with Gasteiger partial charge in [0.05, 0.1) is 28.1 Å². The van der Waals surface area contributed by atoms with Gasteiger partial charge < -0.3 is 4.74 Å². The fourth-order valence-corrected chi connectivity index (χ4v) is 6.80. The first-order valence-corrected chi connectivity index (χ1v) is 15.2.